The molecule has 0 bridgehead atoms. The van der Waals surface area contributed by atoms with Crippen LogP contribution in [0.5, 0.6) is 0 Å². The molecule has 1 N–H and O–H groups in total. The van der Waals surface area contributed by atoms with Crippen LogP contribution in [0.4, 0.5) is 0 Å². The van der Waals surface area contributed by atoms with Crippen LogP contribution < -0.4 is 5.32 Å². The third-order valence-corrected chi connectivity index (χ3v) is 3.26. The standard InChI is InChI=1S/C14H19ClN2/c1-10(2)17-13(6-7-16-3)9-11-8-12(15)4-5-14(11)17/h4-5,8-10,16H,6-7H2,1-3H3. The van der Waals surface area contributed by atoms with Gasteiger partial charge >= 0.3 is 0 Å². The number of nitrogens with zero attached hydrogens (tertiary/aromatic N) is 1. The number of aromatic nitrogens is 1. The number of benzene rings is 1. The van der Waals surface area contributed by atoms with Crippen LogP contribution in [0.3, 0.4) is 0 Å². The van der Waals surface area contributed by atoms with Crippen molar-refractivity contribution in [2.75, 3.05) is 13.6 Å². The average Bonchev–Trinajstić information content (AvgIpc) is 2.63. The molecule has 0 fully saturated rings. The van der Waals surface area contributed by atoms with Crippen molar-refractivity contribution in [3.63, 3.8) is 0 Å². The molecule has 1 heterocycles. The third kappa shape index (κ3) is 2.48. The molecule has 17 heavy (non-hydrogen) atoms. The molecule has 2 aromatic rings. The molecule has 0 spiro atoms. The predicted molar refractivity (Wildman–Crippen MR) is 75.0 cm³/mol. The Hall–Kier alpha value is -0.990. The van der Waals surface area contributed by atoms with Crippen molar-refractivity contribution >= 4 is 22.5 Å². The molecule has 2 rings (SSSR count). The first-order valence-electron chi connectivity index (χ1n) is 6.07. The Balaban J connectivity index is 2.53. The van der Waals surface area contributed by atoms with E-state index in [1.165, 1.54) is 16.6 Å². The Labute approximate surface area is 108 Å². The second kappa shape index (κ2) is 5.11. The summed E-state index contributed by atoms with van der Waals surface area (Å²) in [6.45, 7) is 5.44. The second-order valence-electron chi connectivity index (χ2n) is 4.66. The normalized spacial score (nSPS) is 11.6. The zero-order valence-corrected chi connectivity index (χ0v) is 11.4. The summed E-state index contributed by atoms with van der Waals surface area (Å²) in [5, 5.41) is 5.24. The molecular weight excluding hydrogens is 232 g/mol. The molecule has 3 heteroatoms. The Morgan fingerprint density at radius 3 is 2.71 bits per heavy atom. The minimum atomic E-state index is 0.473. The van der Waals surface area contributed by atoms with Gasteiger partial charge in [0.15, 0.2) is 0 Å². The van der Waals surface area contributed by atoms with Gasteiger partial charge in [0.05, 0.1) is 0 Å². The molecule has 0 aliphatic carbocycles. The number of fused-ring (bicyclic) bond motifs is 1. The molecule has 0 unspecified atom stereocenters. The number of halogens is 1. The van der Waals surface area contributed by atoms with Crippen molar-refractivity contribution in [3.05, 3.63) is 35.0 Å². The predicted octanol–water partition coefficient (Wildman–Crippen LogP) is 3.64. The van der Waals surface area contributed by atoms with Crippen LogP contribution in [0.25, 0.3) is 10.9 Å². The topological polar surface area (TPSA) is 17.0 Å². The highest BCUT2D eigenvalue weighted by Gasteiger charge is 2.11. The van der Waals surface area contributed by atoms with Gasteiger partial charge in [-0.1, -0.05) is 11.6 Å². The number of likely N-dealkylation sites (N-methyl/N-ethyl adjacent to an activating group) is 1. The van der Waals surface area contributed by atoms with Crippen LogP contribution in [0.1, 0.15) is 25.6 Å². The Bertz CT molecular complexity index is 514. The summed E-state index contributed by atoms with van der Waals surface area (Å²) < 4.78 is 2.39. The fourth-order valence-electron chi connectivity index (χ4n) is 2.32. The lowest BCUT2D eigenvalue weighted by atomic mass is 10.2. The van der Waals surface area contributed by atoms with E-state index in [1.807, 2.05) is 19.2 Å². The van der Waals surface area contributed by atoms with Gasteiger partial charge in [0.1, 0.15) is 0 Å². The maximum Gasteiger partial charge on any atom is 0.0485 e. The van der Waals surface area contributed by atoms with Crippen LogP contribution in [0, 0.1) is 0 Å². The van der Waals surface area contributed by atoms with E-state index >= 15 is 0 Å². The van der Waals surface area contributed by atoms with E-state index in [9.17, 15) is 0 Å². The molecule has 0 saturated carbocycles. The van der Waals surface area contributed by atoms with E-state index in [-0.39, 0.29) is 0 Å². The summed E-state index contributed by atoms with van der Waals surface area (Å²) in [6, 6.07) is 8.84. The van der Waals surface area contributed by atoms with Crippen molar-refractivity contribution in [1.82, 2.24) is 9.88 Å². The van der Waals surface area contributed by atoms with Gasteiger partial charge in [0.25, 0.3) is 0 Å². The summed E-state index contributed by atoms with van der Waals surface area (Å²) in [6.07, 6.45) is 1.04. The largest absolute Gasteiger partial charge is 0.342 e. The lowest BCUT2D eigenvalue weighted by Crippen LogP contribution is -2.14. The Morgan fingerprint density at radius 1 is 1.29 bits per heavy atom. The highest BCUT2D eigenvalue weighted by Crippen LogP contribution is 2.26. The SMILES string of the molecule is CNCCc1cc2cc(Cl)ccc2n1C(C)C. The molecule has 92 valence electrons. The summed E-state index contributed by atoms with van der Waals surface area (Å²) in [7, 11) is 1.99. The number of nitrogens with one attached hydrogen (secondary N) is 1. The summed E-state index contributed by atoms with van der Waals surface area (Å²) in [5.41, 5.74) is 2.64. The minimum Gasteiger partial charge on any atom is -0.342 e. The van der Waals surface area contributed by atoms with Crippen LogP contribution in [-0.4, -0.2) is 18.2 Å². The van der Waals surface area contributed by atoms with Crippen molar-refractivity contribution in [3.8, 4) is 0 Å². The maximum absolute atomic E-state index is 6.04. The third-order valence-electron chi connectivity index (χ3n) is 3.03. The van der Waals surface area contributed by atoms with Gasteiger partial charge in [-0.05, 0) is 45.2 Å². The van der Waals surface area contributed by atoms with E-state index in [2.05, 4.69) is 35.9 Å². The lowest BCUT2D eigenvalue weighted by molar-refractivity contribution is 0.587. The van der Waals surface area contributed by atoms with Gasteiger partial charge < -0.3 is 9.88 Å². The maximum atomic E-state index is 6.04. The molecule has 1 aromatic carbocycles. The number of hydrogen-bond acceptors (Lipinski definition) is 1. The van der Waals surface area contributed by atoms with Crippen LogP contribution in [0.2, 0.25) is 5.02 Å². The van der Waals surface area contributed by atoms with Gasteiger partial charge in [0, 0.05) is 40.6 Å². The summed E-state index contributed by atoms with van der Waals surface area (Å²) >= 11 is 6.04. The zero-order valence-electron chi connectivity index (χ0n) is 10.6. The first-order chi connectivity index (χ1) is 8.13. The van der Waals surface area contributed by atoms with E-state index < -0.39 is 0 Å². The Morgan fingerprint density at radius 2 is 2.06 bits per heavy atom. The van der Waals surface area contributed by atoms with E-state index in [1.54, 1.807) is 0 Å². The molecule has 2 nitrogen and oxygen atoms in total. The van der Waals surface area contributed by atoms with Crippen LogP contribution >= 0.6 is 11.6 Å². The summed E-state index contributed by atoms with van der Waals surface area (Å²) in [4.78, 5) is 0. The van der Waals surface area contributed by atoms with Gasteiger partial charge in [-0.2, -0.15) is 0 Å². The number of rotatable bonds is 4. The fourth-order valence-corrected chi connectivity index (χ4v) is 2.50. The van der Waals surface area contributed by atoms with Gasteiger partial charge in [0.2, 0.25) is 0 Å². The van der Waals surface area contributed by atoms with Gasteiger partial charge in [-0.25, -0.2) is 0 Å². The first-order valence-corrected chi connectivity index (χ1v) is 6.45. The molecule has 0 atom stereocenters. The molecule has 0 saturated heterocycles. The van der Waals surface area contributed by atoms with Crippen molar-refractivity contribution in [1.29, 1.82) is 0 Å². The van der Waals surface area contributed by atoms with Gasteiger partial charge in [-0.15, -0.1) is 0 Å². The lowest BCUT2D eigenvalue weighted by Gasteiger charge is -2.14. The smallest absolute Gasteiger partial charge is 0.0485 e. The van der Waals surface area contributed by atoms with Crippen molar-refractivity contribution in [2.45, 2.75) is 26.3 Å². The van der Waals surface area contributed by atoms with Crippen LogP contribution in [0.15, 0.2) is 24.3 Å². The first kappa shape index (κ1) is 12.5. The van der Waals surface area contributed by atoms with Crippen molar-refractivity contribution < 1.29 is 0 Å². The molecule has 0 aliphatic rings. The van der Waals surface area contributed by atoms with E-state index in [4.69, 9.17) is 11.6 Å². The highest BCUT2D eigenvalue weighted by atomic mass is 35.5. The second-order valence-corrected chi connectivity index (χ2v) is 5.09. The average molecular weight is 251 g/mol. The van der Waals surface area contributed by atoms with Crippen molar-refractivity contribution in [2.24, 2.45) is 0 Å². The molecule has 1 aromatic heterocycles. The molecule has 0 radical (unpaired) electrons. The quantitative estimate of drug-likeness (QED) is 0.877. The molecule has 0 aliphatic heterocycles. The monoisotopic (exact) mass is 250 g/mol. The number of hydrogen-bond donors (Lipinski definition) is 1. The van der Waals surface area contributed by atoms with E-state index in [0.717, 1.165) is 18.0 Å². The summed E-state index contributed by atoms with van der Waals surface area (Å²) in [5.74, 6) is 0. The Kier molecular flexibility index (Phi) is 3.75. The van der Waals surface area contributed by atoms with Crippen LogP contribution in [-0.2, 0) is 6.42 Å². The highest BCUT2D eigenvalue weighted by molar-refractivity contribution is 6.31. The molecule has 0 amide bonds. The van der Waals surface area contributed by atoms with Gasteiger partial charge in [-0.3, -0.25) is 0 Å². The van der Waals surface area contributed by atoms with E-state index in [0.29, 0.717) is 6.04 Å². The minimum absolute atomic E-state index is 0.473. The zero-order chi connectivity index (χ0) is 12.4. The fraction of sp³-hybridized carbons (Fsp3) is 0.429. The molecular formula is C14H19ClN2.